The number of hydrogen-bond acceptors (Lipinski definition) is 2. The maximum atomic E-state index is 3.57. The second-order valence-electron chi connectivity index (χ2n) is 6.74. The third-order valence-corrected chi connectivity index (χ3v) is 4.71. The van der Waals surface area contributed by atoms with Gasteiger partial charge in [-0.3, -0.25) is 0 Å². The van der Waals surface area contributed by atoms with E-state index in [0.717, 1.165) is 17.9 Å². The van der Waals surface area contributed by atoms with Gasteiger partial charge < -0.3 is 10.2 Å². The van der Waals surface area contributed by atoms with E-state index in [1.165, 1.54) is 71.1 Å². The Morgan fingerprint density at radius 3 is 2.61 bits per heavy atom. The molecule has 0 bridgehead atoms. The van der Waals surface area contributed by atoms with Gasteiger partial charge in [0, 0.05) is 6.04 Å². The van der Waals surface area contributed by atoms with Crippen molar-refractivity contribution in [3.8, 4) is 0 Å². The molecule has 1 saturated carbocycles. The summed E-state index contributed by atoms with van der Waals surface area (Å²) in [7, 11) is 0. The molecule has 1 saturated heterocycles. The summed E-state index contributed by atoms with van der Waals surface area (Å²) in [4.78, 5) is 2.80. The fourth-order valence-corrected chi connectivity index (χ4v) is 3.80. The second kappa shape index (κ2) is 7.49. The molecule has 106 valence electrons. The van der Waals surface area contributed by atoms with Crippen molar-refractivity contribution in [1.82, 2.24) is 10.2 Å². The van der Waals surface area contributed by atoms with Crippen LogP contribution in [0.3, 0.4) is 0 Å². The van der Waals surface area contributed by atoms with Crippen molar-refractivity contribution in [2.24, 2.45) is 11.8 Å². The van der Waals surface area contributed by atoms with E-state index in [1.807, 2.05) is 0 Å². The third-order valence-electron chi connectivity index (χ3n) is 4.71. The number of likely N-dealkylation sites (tertiary alicyclic amines) is 1. The van der Waals surface area contributed by atoms with E-state index in [1.54, 1.807) is 0 Å². The summed E-state index contributed by atoms with van der Waals surface area (Å²) in [6, 6.07) is 0.942. The van der Waals surface area contributed by atoms with Crippen molar-refractivity contribution in [2.75, 3.05) is 26.2 Å². The molecular formula is C16H32N2. The lowest BCUT2D eigenvalue weighted by Gasteiger charge is -2.29. The van der Waals surface area contributed by atoms with Gasteiger partial charge in [-0.2, -0.15) is 0 Å². The lowest BCUT2D eigenvalue weighted by Crippen LogP contribution is -2.36. The normalized spacial score (nSPS) is 26.5. The molecule has 2 heteroatoms. The average molecular weight is 252 g/mol. The van der Waals surface area contributed by atoms with Crippen LogP contribution in [0.1, 0.15) is 58.8 Å². The van der Waals surface area contributed by atoms with E-state index >= 15 is 0 Å². The number of hydrogen-bond donors (Lipinski definition) is 1. The summed E-state index contributed by atoms with van der Waals surface area (Å²) in [5.41, 5.74) is 0. The zero-order valence-electron chi connectivity index (χ0n) is 12.5. The summed E-state index contributed by atoms with van der Waals surface area (Å²) in [5.74, 6) is 1.82. The predicted molar refractivity (Wildman–Crippen MR) is 78.9 cm³/mol. The molecule has 2 aliphatic rings. The summed E-state index contributed by atoms with van der Waals surface area (Å²) < 4.78 is 0. The van der Waals surface area contributed by atoms with Gasteiger partial charge in [-0.05, 0) is 70.1 Å². The molecule has 1 atom stereocenters. The number of nitrogens with zero attached hydrogens (tertiary/aromatic N) is 1. The molecule has 2 nitrogen and oxygen atoms in total. The Morgan fingerprint density at radius 1 is 1.11 bits per heavy atom. The first-order chi connectivity index (χ1) is 8.77. The van der Waals surface area contributed by atoms with Gasteiger partial charge in [0.1, 0.15) is 0 Å². The lowest BCUT2D eigenvalue weighted by atomic mass is 9.96. The summed E-state index contributed by atoms with van der Waals surface area (Å²) >= 11 is 0. The zero-order chi connectivity index (χ0) is 12.8. The molecule has 1 aliphatic carbocycles. The van der Waals surface area contributed by atoms with Gasteiger partial charge >= 0.3 is 0 Å². The van der Waals surface area contributed by atoms with Gasteiger partial charge in [0.2, 0.25) is 0 Å². The molecule has 1 aliphatic heterocycles. The molecule has 0 aromatic carbocycles. The minimum absolute atomic E-state index is 0.781. The fraction of sp³-hybridized carbons (Fsp3) is 1.00. The average Bonchev–Trinajstić information content (AvgIpc) is 2.97. The second-order valence-corrected chi connectivity index (χ2v) is 6.74. The van der Waals surface area contributed by atoms with Gasteiger partial charge in [-0.15, -0.1) is 0 Å². The van der Waals surface area contributed by atoms with Gasteiger partial charge in [0.15, 0.2) is 0 Å². The van der Waals surface area contributed by atoms with Crippen LogP contribution in [0.15, 0.2) is 0 Å². The molecular weight excluding hydrogens is 220 g/mol. The topological polar surface area (TPSA) is 15.3 Å². The Morgan fingerprint density at radius 2 is 1.89 bits per heavy atom. The molecule has 18 heavy (non-hydrogen) atoms. The van der Waals surface area contributed by atoms with Crippen LogP contribution in [0.25, 0.3) is 0 Å². The Hall–Kier alpha value is -0.0800. The highest BCUT2D eigenvalue weighted by Gasteiger charge is 2.32. The highest BCUT2D eigenvalue weighted by Crippen LogP contribution is 2.35. The van der Waals surface area contributed by atoms with Gasteiger partial charge in [-0.1, -0.05) is 26.7 Å². The highest BCUT2D eigenvalue weighted by atomic mass is 15.2. The van der Waals surface area contributed by atoms with Crippen LogP contribution in [-0.2, 0) is 0 Å². The largest absolute Gasteiger partial charge is 0.316 e. The monoisotopic (exact) mass is 252 g/mol. The Kier molecular flexibility index (Phi) is 5.97. The zero-order valence-corrected chi connectivity index (χ0v) is 12.5. The first-order valence-electron chi connectivity index (χ1n) is 8.22. The van der Waals surface area contributed by atoms with Crippen molar-refractivity contribution >= 4 is 0 Å². The first-order valence-corrected chi connectivity index (χ1v) is 8.22. The Balaban J connectivity index is 1.62. The maximum Gasteiger partial charge on any atom is 0.0124 e. The van der Waals surface area contributed by atoms with Gasteiger partial charge in [0.25, 0.3) is 0 Å². The molecule has 1 N–H and O–H groups in total. The minimum Gasteiger partial charge on any atom is -0.316 e. The number of rotatable bonds is 7. The minimum atomic E-state index is 0.781. The van der Waals surface area contributed by atoms with Gasteiger partial charge in [0.05, 0.1) is 0 Å². The Bertz CT molecular complexity index is 221. The quantitative estimate of drug-likeness (QED) is 0.700. The van der Waals surface area contributed by atoms with Crippen LogP contribution in [0, 0.1) is 11.8 Å². The van der Waals surface area contributed by atoms with Crippen LogP contribution < -0.4 is 5.32 Å². The van der Waals surface area contributed by atoms with Gasteiger partial charge in [-0.25, -0.2) is 0 Å². The Labute approximate surface area is 114 Å². The van der Waals surface area contributed by atoms with Crippen LogP contribution in [0.4, 0.5) is 0 Å². The summed E-state index contributed by atoms with van der Waals surface area (Å²) in [6.45, 7) is 9.63. The highest BCUT2D eigenvalue weighted by molar-refractivity contribution is 4.87. The van der Waals surface area contributed by atoms with E-state index in [0.29, 0.717) is 0 Å². The van der Waals surface area contributed by atoms with Crippen LogP contribution >= 0.6 is 0 Å². The molecule has 0 amide bonds. The lowest BCUT2D eigenvalue weighted by molar-refractivity contribution is 0.188. The van der Waals surface area contributed by atoms with Crippen LogP contribution in [0.5, 0.6) is 0 Å². The molecule has 2 rings (SSSR count). The molecule has 1 heterocycles. The fourth-order valence-electron chi connectivity index (χ4n) is 3.80. The maximum absolute atomic E-state index is 3.57. The van der Waals surface area contributed by atoms with E-state index in [2.05, 4.69) is 24.1 Å². The summed E-state index contributed by atoms with van der Waals surface area (Å²) in [6.07, 6.45) is 10.2. The first kappa shape index (κ1) is 14.3. The number of nitrogens with one attached hydrogen (secondary N) is 1. The van der Waals surface area contributed by atoms with E-state index in [9.17, 15) is 0 Å². The van der Waals surface area contributed by atoms with Crippen LogP contribution in [0.2, 0.25) is 0 Å². The molecule has 0 aromatic heterocycles. The van der Waals surface area contributed by atoms with Crippen molar-refractivity contribution in [1.29, 1.82) is 0 Å². The molecule has 1 unspecified atom stereocenters. The van der Waals surface area contributed by atoms with E-state index < -0.39 is 0 Å². The van der Waals surface area contributed by atoms with Crippen molar-refractivity contribution in [3.05, 3.63) is 0 Å². The predicted octanol–water partition coefficient (Wildman–Crippen LogP) is 3.28. The SMILES string of the molecule is CC(C)CNCCCN1CCCC1C1CCCC1. The molecule has 0 spiro atoms. The third kappa shape index (κ3) is 4.24. The van der Waals surface area contributed by atoms with E-state index in [4.69, 9.17) is 0 Å². The van der Waals surface area contributed by atoms with Crippen molar-refractivity contribution < 1.29 is 0 Å². The molecule has 2 fully saturated rings. The van der Waals surface area contributed by atoms with Crippen molar-refractivity contribution in [2.45, 2.75) is 64.8 Å². The standard InChI is InChI=1S/C16H32N2/c1-14(2)13-17-10-6-12-18-11-5-9-16(18)15-7-3-4-8-15/h14-17H,3-13H2,1-2H3. The smallest absolute Gasteiger partial charge is 0.0124 e. The van der Waals surface area contributed by atoms with Crippen molar-refractivity contribution in [3.63, 3.8) is 0 Å². The van der Waals surface area contributed by atoms with E-state index in [-0.39, 0.29) is 0 Å². The molecule has 0 radical (unpaired) electrons. The summed E-state index contributed by atoms with van der Waals surface area (Å²) in [5, 5.41) is 3.57. The van der Waals surface area contributed by atoms with Crippen LogP contribution in [-0.4, -0.2) is 37.1 Å². The molecule has 0 aromatic rings.